The monoisotopic (exact) mass is 976 g/mol. The van der Waals surface area contributed by atoms with Gasteiger partial charge in [0.25, 0.3) is 0 Å². The Labute approximate surface area is 300 Å². The Balaban J connectivity index is 2.45. The van der Waals surface area contributed by atoms with Gasteiger partial charge < -0.3 is 0 Å². The van der Waals surface area contributed by atoms with Gasteiger partial charge >= 0.3 is 300 Å². The molecule has 3 nitrogen and oxygen atoms in total. The van der Waals surface area contributed by atoms with Crippen molar-refractivity contribution in [3.05, 3.63) is 59.7 Å². The number of hydrogen-bond donors (Lipinski definition) is 1. The average Bonchev–Trinajstić information content (AvgIpc) is 3.45. The summed E-state index contributed by atoms with van der Waals surface area (Å²) in [4.78, 5) is 0. The zero-order valence-corrected chi connectivity index (χ0v) is 27.8. The third-order valence-electron chi connectivity index (χ3n) is 8.80. The van der Waals surface area contributed by atoms with E-state index in [2.05, 4.69) is 7.45 Å². The molecule has 1 spiro atoms. The van der Waals surface area contributed by atoms with Crippen molar-refractivity contribution >= 4 is 22.2 Å². The summed E-state index contributed by atoms with van der Waals surface area (Å²) in [5.74, 6) is -69.6. The first-order valence-corrected chi connectivity index (χ1v) is 18.1. The van der Waals surface area contributed by atoms with Gasteiger partial charge in [0, 0.05) is 0 Å². The zero-order chi connectivity index (χ0) is 45.8. The van der Waals surface area contributed by atoms with Crippen molar-refractivity contribution in [1.29, 1.82) is 0 Å². The summed E-state index contributed by atoms with van der Waals surface area (Å²) < 4.78 is 419. The van der Waals surface area contributed by atoms with Gasteiger partial charge in [0.1, 0.15) is 0 Å². The molecule has 0 unspecified atom stereocenters. The van der Waals surface area contributed by atoms with Crippen LogP contribution in [0.15, 0.2) is 48.5 Å². The molecule has 0 radical (unpaired) electrons. The Morgan fingerprint density at radius 1 is 0.345 bits per heavy atom. The molecule has 0 amide bonds. The van der Waals surface area contributed by atoms with Crippen molar-refractivity contribution in [2.45, 2.75) is 83.3 Å². The van der Waals surface area contributed by atoms with Gasteiger partial charge in [-0.25, -0.2) is 0 Å². The number of alkyl halides is 28. The minimum absolute atomic E-state index is 0.224. The van der Waals surface area contributed by atoms with E-state index in [1.807, 2.05) is 0 Å². The number of benzene rings is 2. The van der Waals surface area contributed by atoms with E-state index in [4.69, 9.17) is 0 Å². The molecule has 2 heterocycles. The van der Waals surface area contributed by atoms with Crippen LogP contribution in [0.3, 0.4) is 0 Å². The molecule has 0 aromatic heterocycles. The Kier molecular flexibility index (Phi) is 9.72. The van der Waals surface area contributed by atoms with Gasteiger partial charge in [-0.1, -0.05) is 0 Å². The second kappa shape index (κ2) is 11.8. The van der Waals surface area contributed by atoms with Crippen molar-refractivity contribution in [3.63, 3.8) is 0 Å². The molecule has 0 fully saturated rings. The molecule has 58 heavy (non-hydrogen) atoms. The number of hydrogen-bond acceptors (Lipinski definition) is 3. The summed E-state index contributed by atoms with van der Waals surface area (Å²) in [6.07, 6.45) is -33.0. The topological polar surface area (TPSA) is 38.7 Å². The van der Waals surface area contributed by atoms with Crippen LogP contribution < -0.4 is 8.70 Å². The summed E-state index contributed by atoms with van der Waals surface area (Å²) in [5.41, 5.74) is -23.2. The normalized spacial score (nSPS) is 21.4. The molecule has 1 N–H and O–H groups in total. The standard InChI is InChI=1S/C26H9AsF28O3/c28-15(29,19(36,37)23(44,45)46)13(16(30,31)20(38,39)24(47,48)49)9-5-1-3-7-11(9)27(56,57-13)12-8-4-2-6-10(12)14(58-27,17(32,33)21(40,41)25(50,51)52)18(34,35)22(42,43)26(53,54)55/h1-8,56H. The van der Waals surface area contributed by atoms with Crippen LogP contribution in [0.25, 0.3) is 0 Å². The van der Waals surface area contributed by atoms with E-state index in [-0.39, 0.29) is 24.3 Å². The van der Waals surface area contributed by atoms with Gasteiger partial charge in [0.2, 0.25) is 0 Å². The molecule has 2 aliphatic heterocycles. The van der Waals surface area contributed by atoms with Crippen LogP contribution in [0.2, 0.25) is 0 Å². The van der Waals surface area contributed by atoms with E-state index in [1.54, 1.807) is 0 Å². The molecule has 0 saturated carbocycles. The van der Waals surface area contributed by atoms with Gasteiger partial charge in [0.15, 0.2) is 0 Å². The van der Waals surface area contributed by atoms with Crippen LogP contribution in [0.5, 0.6) is 0 Å². The number of halogens is 28. The van der Waals surface area contributed by atoms with Gasteiger partial charge in [0.05, 0.1) is 0 Å². The first-order valence-electron chi connectivity index (χ1n) is 13.9. The molecule has 0 saturated heterocycles. The summed E-state index contributed by atoms with van der Waals surface area (Å²) in [6.45, 7) is 0. The fraction of sp³-hybridized carbons (Fsp3) is 0.538. The zero-order valence-electron chi connectivity index (χ0n) is 25.9. The van der Waals surface area contributed by atoms with Crippen molar-refractivity contribution in [2.75, 3.05) is 0 Å². The van der Waals surface area contributed by atoms with E-state index in [0.29, 0.717) is 0 Å². The van der Waals surface area contributed by atoms with E-state index in [1.165, 1.54) is 0 Å². The van der Waals surface area contributed by atoms with E-state index in [9.17, 15) is 91.9 Å². The SMILES string of the molecule is O[As]12(OC(C(F)(F)C(F)(F)C(F)(F)F)(C(F)(F)C(F)(F)C(F)(F)F)c3ccccc31)OC(C(F)(F)C(F)(F)C(F)(F)F)(C(F)(F)C(F)(F)C(F)(F)F)c1ccccc12. The van der Waals surface area contributed by atoms with Crippen LogP contribution in [0.1, 0.15) is 11.1 Å². The minimum atomic E-state index is -10.7. The van der Waals surface area contributed by atoms with Crippen LogP contribution in [-0.4, -0.2) is 89.7 Å². The maximum absolute atomic E-state index is 15.9. The van der Waals surface area contributed by atoms with Gasteiger partial charge in [-0.05, 0) is 0 Å². The van der Waals surface area contributed by atoms with Crippen LogP contribution in [0.4, 0.5) is 123 Å². The molecule has 0 atom stereocenters. The second-order valence-electron chi connectivity index (χ2n) is 12.1. The van der Waals surface area contributed by atoms with Crippen LogP contribution in [-0.2, 0) is 18.7 Å². The van der Waals surface area contributed by atoms with Gasteiger partial charge in [-0.2, -0.15) is 0 Å². The first kappa shape index (κ1) is 47.6. The summed E-state index contributed by atoms with van der Waals surface area (Å²) in [7, 11) is 0. The van der Waals surface area contributed by atoms with Crippen molar-refractivity contribution in [1.82, 2.24) is 0 Å². The van der Waals surface area contributed by atoms with Gasteiger partial charge in [-0.3, -0.25) is 0 Å². The van der Waals surface area contributed by atoms with Gasteiger partial charge in [-0.15, -0.1) is 0 Å². The fourth-order valence-electron chi connectivity index (χ4n) is 6.08. The Morgan fingerprint density at radius 2 is 0.534 bits per heavy atom. The third kappa shape index (κ3) is 5.00. The molecule has 2 aliphatic rings. The molecule has 32 heteroatoms. The first-order chi connectivity index (χ1) is 25.2. The summed E-state index contributed by atoms with van der Waals surface area (Å²) in [5, 5.41) is 0. The van der Waals surface area contributed by atoms with E-state index >= 15 is 35.1 Å². The molecule has 2 aromatic rings. The average molecular weight is 976 g/mol. The molecule has 0 bridgehead atoms. The second-order valence-corrected chi connectivity index (χ2v) is 18.7. The maximum atomic E-state index is 15.9. The van der Waals surface area contributed by atoms with Crippen molar-refractivity contribution < 1.29 is 134 Å². The molecule has 4 rings (SSSR count). The van der Waals surface area contributed by atoms with Crippen molar-refractivity contribution in [3.8, 4) is 0 Å². The predicted octanol–water partition coefficient (Wildman–Crippen LogP) is 9.47. The molecule has 332 valence electrons. The third-order valence-corrected chi connectivity index (χ3v) is 16.6. The number of fused-ring (bicyclic) bond motifs is 4. The molecule has 2 aromatic carbocycles. The Hall–Kier alpha value is -3.08. The molecular weight excluding hydrogens is 967 g/mol. The van der Waals surface area contributed by atoms with E-state index < -0.39 is 141 Å². The molecular formula is C26H9AsF28O3. The summed E-state index contributed by atoms with van der Waals surface area (Å²) in [6, 6.07) is -5.06. The fourth-order valence-corrected chi connectivity index (χ4v) is 15.3. The predicted molar refractivity (Wildman–Crippen MR) is 129 cm³/mol. The summed E-state index contributed by atoms with van der Waals surface area (Å²) >= 11 is -10.7. The number of rotatable bonds is 8. The quantitative estimate of drug-likeness (QED) is 0.212. The van der Waals surface area contributed by atoms with Crippen molar-refractivity contribution in [2.24, 2.45) is 0 Å². The van der Waals surface area contributed by atoms with Crippen LogP contribution >= 0.6 is 0 Å². The van der Waals surface area contributed by atoms with Crippen LogP contribution in [0, 0.1) is 0 Å². The Bertz CT molecular complexity index is 1740. The Morgan fingerprint density at radius 3 is 0.724 bits per heavy atom. The molecule has 0 aliphatic carbocycles. The van der Waals surface area contributed by atoms with E-state index in [0.717, 1.165) is 0 Å².